The largest absolute Gasteiger partial charge is 0.299 e. The molecular formula is C23H26N2. The van der Waals surface area contributed by atoms with E-state index in [0.717, 1.165) is 11.2 Å². The van der Waals surface area contributed by atoms with Crippen molar-refractivity contribution in [1.29, 1.82) is 0 Å². The highest BCUT2D eigenvalue weighted by Gasteiger charge is 2.21. The molecule has 2 aromatic heterocycles. The average Bonchev–Trinajstić information content (AvgIpc) is 2.90. The van der Waals surface area contributed by atoms with E-state index in [9.17, 15) is 0 Å². The number of hydrogen-bond donors (Lipinski definition) is 0. The molecule has 0 unspecified atom stereocenters. The number of fused-ring (bicyclic) bond motifs is 5. The zero-order valence-corrected chi connectivity index (χ0v) is 16.0. The lowest BCUT2D eigenvalue weighted by molar-refractivity contribution is 0.586. The Morgan fingerprint density at radius 1 is 0.800 bits per heavy atom. The predicted molar refractivity (Wildman–Crippen MR) is 108 cm³/mol. The lowest BCUT2D eigenvalue weighted by Crippen LogP contribution is -2.12. The van der Waals surface area contributed by atoms with Crippen molar-refractivity contribution in [3.8, 4) is 0 Å². The van der Waals surface area contributed by atoms with E-state index in [1.807, 2.05) is 0 Å². The van der Waals surface area contributed by atoms with Gasteiger partial charge in [-0.05, 0) is 39.5 Å². The molecule has 128 valence electrons. The maximum Gasteiger partial charge on any atom is 0.137 e. The predicted octanol–water partition coefficient (Wildman–Crippen LogP) is 6.24. The summed E-state index contributed by atoms with van der Waals surface area (Å²) >= 11 is 0. The first-order valence-corrected chi connectivity index (χ1v) is 9.01. The number of pyridine rings is 1. The van der Waals surface area contributed by atoms with E-state index in [1.54, 1.807) is 0 Å². The normalized spacial score (nSPS) is 13.2. The van der Waals surface area contributed by atoms with Gasteiger partial charge in [0.2, 0.25) is 0 Å². The first-order chi connectivity index (χ1) is 11.7. The Balaban J connectivity index is 2.19. The third-order valence-corrected chi connectivity index (χ3v) is 5.08. The molecule has 0 bridgehead atoms. The van der Waals surface area contributed by atoms with Crippen LogP contribution in [0, 0.1) is 0 Å². The Morgan fingerprint density at radius 2 is 1.48 bits per heavy atom. The van der Waals surface area contributed by atoms with Crippen LogP contribution in [-0.4, -0.2) is 9.38 Å². The van der Waals surface area contributed by atoms with Crippen LogP contribution in [-0.2, 0) is 10.8 Å². The van der Waals surface area contributed by atoms with Crippen LogP contribution in [0.15, 0.2) is 48.7 Å². The summed E-state index contributed by atoms with van der Waals surface area (Å²) in [6, 6.07) is 15.3. The van der Waals surface area contributed by atoms with E-state index in [0.29, 0.717) is 0 Å². The third kappa shape index (κ3) is 2.52. The lowest BCUT2D eigenvalue weighted by Gasteiger charge is -2.22. The summed E-state index contributed by atoms with van der Waals surface area (Å²) in [6.45, 7) is 13.6. The van der Waals surface area contributed by atoms with Gasteiger partial charge in [0.1, 0.15) is 5.65 Å². The van der Waals surface area contributed by atoms with E-state index < -0.39 is 0 Å². The summed E-state index contributed by atoms with van der Waals surface area (Å²) in [6.07, 6.45) is 2.26. The van der Waals surface area contributed by atoms with Gasteiger partial charge in [-0.15, -0.1) is 0 Å². The lowest BCUT2D eigenvalue weighted by atomic mass is 9.83. The van der Waals surface area contributed by atoms with Crippen molar-refractivity contribution in [3.63, 3.8) is 0 Å². The minimum atomic E-state index is 0.0829. The van der Waals surface area contributed by atoms with Crippen LogP contribution in [0.5, 0.6) is 0 Å². The van der Waals surface area contributed by atoms with Crippen molar-refractivity contribution in [2.45, 2.75) is 52.4 Å². The molecular weight excluding hydrogens is 304 g/mol. The highest BCUT2D eigenvalue weighted by atomic mass is 15.0. The van der Waals surface area contributed by atoms with Gasteiger partial charge < -0.3 is 0 Å². The van der Waals surface area contributed by atoms with Gasteiger partial charge in [0.15, 0.2) is 0 Å². The highest BCUT2D eigenvalue weighted by molar-refractivity contribution is 6.07. The Hall–Kier alpha value is -2.35. The van der Waals surface area contributed by atoms with Gasteiger partial charge in [0.05, 0.1) is 11.0 Å². The molecule has 25 heavy (non-hydrogen) atoms. The fourth-order valence-electron chi connectivity index (χ4n) is 3.60. The van der Waals surface area contributed by atoms with Crippen LogP contribution < -0.4 is 0 Å². The molecule has 0 atom stereocenters. The molecule has 0 radical (unpaired) electrons. The van der Waals surface area contributed by atoms with Gasteiger partial charge in [-0.1, -0.05) is 71.9 Å². The molecule has 0 aliphatic carbocycles. The second kappa shape index (κ2) is 5.08. The third-order valence-electron chi connectivity index (χ3n) is 5.08. The van der Waals surface area contributed by atoms with Crippen LogP contribution in [0.25, 0.3) is 27.5 Å². The summed E-state index contributed by atoms with van der Waals surface area (Å²) in [5.74, 6) is 0. The molecule has 2 heterocycles. The number of benzene rings is 2. The number of imidazole rings is 1. The zero-order chi connectivity index (χ0) is 18.0. The van der Waals surface area contributed by atoms with E-state index >= 15 is 0 Å². The Labute approximate surface area is 149 Å². The molecule has 0 aliphatic rings. The number of nitrogens with zero attached hydrogens (tertiary/aromatic N) is 2. The minimum Gasteiger partial charge on any atom is -0.299 e. The molecule has 0 fully saturated rings. The zero-order valence-electron chi connectivity index (χ0n) is 16.0. The molecule has 4 rings (SSSR count). The molecule has 2 nitrogen and oxygen atoms in total. The van der Waals surface area contributed by atoms with Crippen LogP contribution in [0.1, 0.15) is 52.7 Å². The SMILES string of the molecule is CC(C)(C)c1ccc2nc3c4ccccc4c(C(C)(C)C)cc3n2c1. The van der Waals surface area contributed by atoms with Gasteiger partial charge >= 0.3 is 0 Å². The van der Waals surface area contributed by atoms with Gasteiger partial charge in [-0.25, -0.2) is 4.98 Å². The average molecular weight is 330 g/mol. The highest BCUT2D eigenvalue weighted by Crippen LogP contribution is 2.36. The van der Waals surface area contributed by atoms with E-state index in [-0.39, 0.29) is 10.8 Å². The second-order valence-electron chi connectivity index (χ2n) is 9.10. The molecule has 0 saturated heterocycles. The van der Waals surface area contributed by atoms with Crippen LogP contribution in [0.2, 0.25) is 0 Å². The summed E-state index contributed by atoms with van der Waals surface area (Å²) in [4.78, 5) is 4.95. The van der Waals surface area contributed by atoms with Crippen molar-refractivity contribution >= 4 is 27.5 Å². The molecule has 2 heteroatoms. The van der Waals surface area contributed by atoms with E-state index in [2.05, 4.69) is 94.6 Å². The fourth-order valence-corrected chi connectivity index (χ4v) is 3.60. The number of aromatic nitrogens is 2. The van der Waals surface area contributed by atoms with Crippen molar-refractivity contribution in [3.05, 3.63) is 59.8 Å². The van der Waals surface area contributed by atoms with Crippen LogP contribution in [0.4, 0.5) is 0 Å². The Bertz CT molecular complexity index is 1100. The van der Waals surface area contributed by atoms with Gasteiger partial charge in [0.25, 0.3) is 0 Å². The summed E-state index contributed by atoms with van der Waals surface area (Å²) in [5.41, 5.74) is 6.20. The smallest absolute Gasteiger partial charge is 0.137 e. The molecule has 4 aromatic rings. The van der Waals surface area contributed by atoms with Crippen molar-refractivity contribution < 1.29 is 0 Å². The minimum absolute atomic E-state index is 0.0829. The molecule has 0 spiro atoms. The van der Waals surface area contributed by atoms with Crippen LogP contribution >= 0.6 is 0 Å². The quantitative estimate of drug-likeness (QED) is 0.373. The first kappa shape index (κ1) is 16.1. The number of hydrogen-bond acceptors (Lipinski definition) is 1. The van der Waals surface area contributed by atoms with E-state index in [1.165, 1.54) is 27.4 Å². The monoisotopic (exact) mass is 330 g/mol. The maximum absolute atomic E-state index is 4.95. The summed E-state index contributed by atoms with van der Waals surface area (Å²) in [5, 5.41) is 2.55. The summed E-state index contributed by atoms with van der Waals surface area (Å²) in [7, 11) is 0. The fraction of sp³-hybridized carbons (Fsp3) is 0.348. The van der Waals surface area contributed by atoms with Crippen LogP contribution in [0.3, 0.4) is 0 Å². The van der Waals surface area contributed by atoms with E-state index in [4.69, 9.17) is 4.98 Å². The molecule has 0 amide bonds. The molecule has 0 saturated carbocycles. The van der Waals surface area contributed by atoms with Crippen molar-refractivity contribution in [2.75, 3.05) is 0 Å². The molecule has 2 aromatic carbocycles. The van der Waals surface area contributed by atoms with Crippen molar-refractivity contribution in [2.24, 2.45) is 0 Å². The molecule has 0 N–H and O–H groups in total. The first-order valence-electron chi connectivity index (χ1n) is 9.01. The van der Waals surface area contributed by atoms with Gasteiger partial charge in [0, 0.05) is 11.6 Å². The topological polar surface area (TPSA) is 17.3 Å². The second-order valence-corrected chi connectivity index (χ2v) is 9.10. The standard InChI is InChI=1S/C23H26N2/c1-22(2,3)15-11-12-20-24-21-17-10-8-7-9-16(17)18(23(4,5)6)13-19(21)25(20)14-15/h7-14H,1-6H3. The summed E-state index contributed by atoms with van der Waals surface area (Å²) < 4.78 is 2.26. The Morgan fingerprint density at radius 3 is 2.12 bits per heavy atom. The number of rotatable bonds is 0. The van der Waals surface area contributed by atoms with Gasteiger partial charge in [-0.3, -0.25) is 4.40 Å². The van der Waals surface area contributed by atoms with Crippen molar-refractivity contribution in [1.82, 2.24) is 9.38 Å². The maximum atomic E-state index is 4.95. The Kier molecular flexibility index (Phi) is 3.28. The molecule has 0 aliphatic heterocycles. The van der Waals surface area contributed by atoms with Gasteiger partial charge in [-0.2, -0.15) is 0 Å².